The Morgan fingerprint density at radius 1 is 0.682 bits per heavy atom. The summed E-state index contributed by atoms with van der Waals surface area (Å²) >= 11 is 3.34. The predicted molar refractivity (Wildman–Crippen MR) is 96.3 cm³/mol. The van der Waals surface area contributed by atoms with E-state index < -0.39 is 0 Å². The molecule has 22 heavy (non-hydrogen) atoms. The van der Waals surface area contributed by atoms with Crippen LogP contribution < -0.4 is 0 Å². The van der Waals surface area contributed by atoms with Gasteiger partial charge in [-0.2, -0.15) is 4.37 Å². The molecular formula is C19H13NS2. The lowest BCUT2D eigenvalue weighted by Crippen LogP contribution is -1.82. The van der Waals surface area contributed by atoms with E-state index in [1.54, 1.807) is 22.9 Å². The molecule has 0 fully saturated rings. The van der Waals surface area contributed by atoms with Gasteiger partial charge in [0.15, 0.2) is 0 Å². The van der Waals surface area contributed by atoms with Crippen LogP contribution in [0.3, 0.4) is 0 Å². The molecular weight excluding hydrogens is 306 g/mol. The van der Waals surface area contributed by atoms with Gasteiger partial charge in [0.2, 0.25) is 0 Å². The summed E-state index contributed by atoms with van der Waals surface area (Å²) < 4.78 is 4.77. The minimum absolute atomic E-state index is 1.08. The molecule has 0 atom stereocenters. The lowest BCUT2D eigenvalue weighted by Gasteiger charge is -2.05. The largest absolute Gasteiger partial charge is 0.191 e. The Hall–Kier alpha value is -2.23. The van der Waals surface area contributed by atoms with Crippen LogP contribution in [0.5, 0.6) is 0 Å². The minimum Gasteiger partial charge on any atom is -0.191 e. The van der Waals surface area contributed by atoms with Crippen LogP contribution in [-0.4, -0.2) is 4.37 Å². The zero-order valence-corrected chi connectivity index (χ0v) is 13.4. The normalized spacial score (nSPS) is 10.7. The Morgan fingerprint density at radius 3 is 2.00 bits per heavy atom. The smallest absolute Gasteiger partial charge is 0.0933 e. The number of aromatic nitrogens is 1. The molecule has 0 bridgehead atoms. The molecule has 106 valence electrons. The van der Waals surface area contributed by atoms with Crippen LogP contribution in [0.4, 0.5) is 0 Å². The number of nitrogens with zero attached hydrogens (tertiary/aromatic N) is 1. The zero-order chi connectivity index (χ0) is 14.8. The Morgan fingerprint density at radius 2 is 1.36 bits per heavy atom. The van der Waals surface area contributed by atoms with E-state index in [2.05, 4.69) is 66.0 Å². The lowest BCUT2D eigenvalue weighted by atomic mass is 10.0. The average Bonchev–Trinajstić information content (AvgIpc) is 3.25. The average molecular weight is 319 g/mol. The summed E-state index contributed by atoms with van der Waals surface area (Å²) in [5.74, 6) is 0. The van der Waals surface area contributed by atoms with Gasteiger partial charge in [0.25, 0.3) is 0 Å². The minimum atomic E-state index is 1.08. The number of thiophene rings is 1. The highest BCUT2D eigenvalue weighted by molar-refractivity contribution is 7.15. The maximum Gasteiger partial charge on any atom is 0.0933 e. The Labute approximate surface area is 137 Å². The van der Waals surface area contributed by atoms with Crippen molar-refractivity contribution < 1.29 is 0 Å². The fourth-order valence-corrected chi connectivity index (χ4v) is 4.28. The highest BCUT2D eigenvalue weighted by atomic mass is 32.1. The second-order valence-corrected chi connectivity index (χ2v) is 6.67. The Kier molecular flexibility index (Phi) is 3.59. The first-order valence-corrected chi connectivity index (χ1v) is 8.73. The van der Waals surface area contributed by atoms with Gasteiger partial charge in [0, 0.05) is 16.0 Å². The monoisotopic (exact) mass is 319 g/mol. The maximum absolute atomic E-state index is 4.77. The molecule has 2 aromatic carbocycles. The highest BCUT2D eigenvalue weighted by Gasteiger charge is 2.18. The van der Waals surface area contributed by atoms with E-state index in [-0.39, 0.29) is 0 Å². The molecule has 0 spiro atoms. The third-order valence-electron chi connectivity index (χ3n) is 3.54. The van der Waals surface area contributed by atoms with Crippen LogP contribution >= 0.6 is 22.9 Å². The van der Waals surface area contributed by atoms with Crippen LogP contribution in [0.15, 0.2) is 78.2 Å². The van der Waals surface area contributed by atoms with Gasteiger partial charge in [0.05, 0.1) is 10.6 Å². The summed E-state index contributed by atoms with van der Waals surface area (Å²) in [5, 5.41) is 2.12. The van der Waals surface area contributed by atoms with Crippen LogP contribution in [0.25, 0.3) is 32.1 Å². The molecule has 2 heterocycles. The van der Waals surface area contributed by atoms with Crippen molar-refractivity contribution >= 4 is 22.9 Å². The van der Waals surface area contributed by atoms with E-state index in [0.717, 1.165) is 5.69 Å². The molecule has 0 unspecified atom stereocenters. The van der Waals surface area contributed by atoms with E-state index in [9.17, 15) is 0 Å². The second-order valence-electron chi connectivity index (χ2n) is 4.94. The molecule has 0 aliphatic heterocycles. The molecule has 0 amide bonds. The van der Waals surface area contributed by atoms with Crippen molar-refractivity contribution in [2.75, 3.05) is 0 Å². The van der Waals surface area contributed by atoms with E-state index >= 15 is 0 Å². The van der Waals surface area contributed by atoms with Crippen molar-refractivity contribution in [3.8, 4) is 32.1 Å². The molecule has 0 aliphatic carbocycles. The van der Waals surface area contributed by atoms with Gasteiger partial charge in [-0.25, -0.2) is 0 Å². The van der Waals surface area contributed by atoms with Crippen molar-refractivity contribution in [2.45, 2.75) is 0 Å². The molecule has 2 aromatic heterocycles. The first kappa shape index (κ1) is 13.4. The molecule has 0 saturated carbocycles. The van der Waals surface area contributed by atoms with Gasteiger partial charge in [-0.15, -0.1) is 11.3 Å². The Bertz CT molecular complexity index is 805. The summed E-state index contributed by atoms with van der Waals surface area (Å²) in [6, 6.07) is 25.2. The summed E-state index contributed by atoms with van der Waals surface area (Å²) in [7, 11) is 0. The summed E-state index contributed by atoms with van der Waals surface area (Å²) in [4.78, 5) is 2.51. The standard InChI is InChI=1S/C19H13NS2/c1-3-8-14(9-4-1)18-17(16-12-7-13-21-16)19(22-20-18)15-10-5-2-6-11-15/h1-13H. The topological polar surface area (TPSA) is 12.9 Å². The zero-order valence-electron chi connectivity index (χ0n) is 11.8. The van der Waals surface area contributed by atoms with Crippen LogP contribution in [0.1, 0.15) is 0 Å². The quantitative estimate of drug-likeness (QED) is 0.438. The molecule has 4 rings (SSSR count). The second kappa shape index (κ2) is 5.87. The van der Waals surface area contributed by atoms with E-state index in [1.807, 2.05) is 12.1 Å². The summed E-state index contributed by atoms with van der Waals surface area (Å²) in [6.07, 6.45) is 0. The van der Waals surface area contributed by atoms with E-state index in [4.69, 9.17) is 4.37 Å². The van der Waals surface area contributed by atoms with Crippen LogP contribution in [0.2, 0.25) is 0 Å². The molecule has 0 saturated heterocycles. The molecule has 0 N–H and O–H groups in total. The number of rotatable bonds is 3. The molecule has 1 nitrogen and oxygen atoms in total. The van der Waals surface area contributed by atoms with E-state index in [1.165, 1.54) is 26.4 Å². The van der Waals surface area contributed by atoms with Gasteiger partial charge in [-0.1, -0.05) is 66.7 Å². The molecule has 4 aromatic rings. The van der Waals surface area contributed by atoms with Crippen molar-refractivity contribution in [1.82, 2.24) is 4.37 Å². The third-order valence-corrected chi connectivity index (χ3v) is 5.33. The van der Waals surface area contributed by atoms with Crippen molar-refractivity contribution in [1.29, 1.82) is 0 Å². The van der Waals surface area contributed by atoms with Crippen LogP contribution in [-0.2, 0) is 0 Å². The van der Waals surface area contributed by atoms with Crippen LogP contribution in [0, 0.1) is 0 Å². The summed E-state index contributed by atoms with van der Waals surface area (Å²) in [6.45, 7) is 0. The number of hydrogen-bond donors (Lipinski definition) is 0. The highest BCUT2D eigenvalue weighted by Crippen LogP contribution is 2.43. The van der Waals surface area contributed by atoms with Crippen molar-refractivity contribution in [3.05, 3.63) is 78.2 Å². The fraction of sp³-hybridized carbons (Fsp3) is 0. The molecule has 3 heteroatoms. The van der Waals surface area contributed by atoms with Gasteiger partial charge >= 0.3 is 0 Å². The van der Waals surface area contributed by atoms with Gasteiger partial charge in [-0.05, 0) is 28.5 Å². The predicted octanol–water partition coefficient (Wildman–Crippen LogP) is 6.21. The SMILES string of the molecule is c1ccc(-c2nsc(-c3ccccc3)c2-c2cccs2)cc1. The third kappa shape index (κ3) is 2.39. The van der Waals surface area contributed by atoms with E-state index in [0.29, 0.717) is 0 Å². The maximum atomic E-state index is 4.77. The number of benzene rings is 2. The van der Waals surface area contributed by atoms with Gasteiger partial charge < -0.3 is 0 Å². The van der Waals surface area contributed by atoms with Gasteiger partial charge in [0.1, 0.15) is 0 Å². The van der Waals surface area contributed by atoms with Crippen molar-refractivity contribution in [3.63, 3.8) is 0 Å². The van der Waals surface area contributed by atoms with Crippen molar-refractivity contribution in [2.24, 2.45) is 0 Å². The Balaban J connectivity index is 1.96. The van der Waals surface area contributed by atoms with Gasteiger partial charge in [-0.3, -0.25) is 0 Å². The first-order chi connectivity index (χ1) is 10.9. The fourth-order valence-electron chi connectivity index (χ4n) is 2.52. The number of hydrogen-bond acceptors (Lipinski definition) is 3. The molecule has 0 aliphatic rings. The lowest BCUT2D eigenvalue weighted by molar-refractivity contribution is 1.52. The first-order valence-electron chi connectivity index (χ1n) is 7.08. The molecule has 0 radical (unpaired) electrons. The summed E-state index contributed by atoms with van der Waals surface area (Å²) in [5.41, 5.74) is 4.72.